The Kier molecular flexibility index (Phi) is 4.30. The highest BCUT2D eigenvalue weighted by atomic mass is 35.5. The van der Waals surface area contributed by atoms with Crippen LogP contribution in [0, 0.1) is 5.41 Å². The molecule has 0 radical (unpaired) electrons. The molecular weight excluding hydrogens is 291 g/mol. The van der Waals surface area contributed by atoms with Crippen molar-refractivity contribution in [3.63, 3.8) is 0 Å². The van der Waals surface area contributed by atoms with Crippen molar-refractivity contribution in [2.24, 2.45) is 5.41 Å². The van der Waals surface area contributed by atoms with Gasteiger partial charge in [0.15, 0.2) is 0 Å². The van der Waals surface area contributed by atoms with E-state index in [0.717, 1.165) is 6.42 Å². The highest BCUT2D eigenvalue weighted by Gasteiger charge is 2.32. The van der Waals surface area contributed by atoms with E-state index >= 15 is 0 Å². The minimum Gasteiger partial charge on any atom is -0.366 e. The minimum absolute atomic E-state index is 0.245. The average Bonchev–Trinajstić information content (AvgIpc) is 2.28. The number of nitrogens with one attached hydrogen (secondary N) is 1. The fraction of sp³-hybridized carbons (Fsp3) is 0.615. The Balaban J connectivity index is 2.20. The lowest BCUT2D eigenvalue weighted by Gasteiger charge is -2.39. The highest BCUT2D eigenvalue weighted by Crippen LogP contribution is 2.38. The Bertz CT molecular complexity index is 446. The van der Waals surface area contributed by atoms with Crippen molar-refractivity contribution in [3.05, 3.63) is 21.3 Å². The zero-order valence-corrected chi connectivity index (χ0v) is 12.8. The standard InChI is InChI=1S/C13H17Cl3N2/c1-13(2)6-4-3-5-10(13)17-12-9(15)7-8(14)11(16)18-12/h7,10H,3-6H2,1-2H3,(H,17,18). The number of nitrogens with zero attached hydrogens (tertiary/aromatic N) is 1. The number of anilines is 1. The number of rotatable bonds is 2. The molecule has 1 atom stereocenters. The fourth-order valence-electron chi connectivity index (χ4n) is 2.47. The molecule has 1 N–H and O–H groups in total. The molecule has 2 nitrogen and oxygen atoms in total. The van der Waals surface area contributed by atoms with Crippen LogP contribution in [-0.2, 0) is 0 Å². The van der Waals surface area contributed by atoms with Gasteiger partial charge in [0.1, 0.15) is 11.0 Å². The van der Waals surface area contributed by atoms with Crippen LogP contribution in [0.5, 0.6) is 0 Å². The average molecular weight is 308 g/mol. The Morgan fingerprint density at radius 2 is 1.94 bits per heavy atom. The number of hydrogen-bond acceptors (Lipinski definition) is 2. The molecule has 0 bridgehead atoms. The summed E-state index contributed by atoms with van der Waals surface area (Å²) in [7, 11) is 0. The molecule has 0 saturated heterocycles. The van der Waals surface area contributed by atoms with E-state index in [1.807, 2.05) is 0 Å². The van der Waals surface area contributed by atoms with E-state index in [1.54, 1.807) is 6.07 Å². The molecule has 0 spiro atoms. The third-order valence-electron chi connectivity index (χ3n) is 3.70. The van der Waals surface area contributed by atoms with Gasteiger partial charge in [-0.05, 0) is 24.3 Å². The van der Waals surface area contributed by atoms with E-state index in [-0.39, 0.29) is 10.6 Å². The van der Waals surface area contributed by atoms with Crippen LogP contribution in [0.2, 0.25) is 15.2 Å². The molecule has 2 rings (SSSR count). The summed E-state index contributed by atoms with van der Waals surface area (Å²) < 4.78 is 0. The van der Waals surface area contributed by atoms with E-state index in [4.69, 9.17) is 34.8 Å². The smallest absolute Gasteiger partial charge is 0.150 e. The number of pyridine rings is 1. The normalized spacial score (nSPS) is 22.8. The van der Waals surface area contributed by atoms with Crippen molar-refractivity contribution < 1.29 is 0 Å². The Morgan fingerprint density at radius 3 is 2.61 bits per heavy atom. The van der Waals surface area contributed by atoms with Gasteiger partial charge in [0.25, 0.3) is 0 Å². The van der Waals surface area contributed by atoms with Crippen LogP contribution in [0.1, 0.15) is 39.5 Å². The van der Waals surface area contributed by atoms with Crippen molar-refractivity contribution >= 4 is 40.6 Å². The van der Waals surface area contributed by atoms with Crippen LogP contribution in [0.4, 0.5) is 5.82 Å². The third kappa shape index (κ3) is 3.04. The summed E-state index contributed by atoms with van der Waals surface area (Å²) in [4.78, 5) is 4.22. The second kappa shape index (κ2) is 5.44. The predicted molar refractivity (Wildman–Crippen MR) is 78.9 cm³/mol. The highest BCUT2D eigenvalue weighted by molar-refractivity contribution is 6.42. The van der Waals surface area contributed by atoms with Gasteiger partial charge in [-0.25, -0.2) is 4.98 Å². The van der Waals surface area contributed by atoms with Crippen LogP contribution >= 0.6 is 34.8 Å². The van der Waals surface area contributed by atoms with Gasteiger partial charge in [0, 0.05) is 6.04 Å². The van der Waals surface area contributed by atoms with Gasteiger partial charge < -0.3 is 5.32 Å². The molecule has 1 fully saturated rings. The fourth-order valence-corrected chi connectivity index (χ4v) is 3.02. The SMILES string of the molecule is CC1(C)CCCCC1Nc1nc(Cl)c(Cl)cc1Cl. The molecule has 1 unspecified atom stereocenters. The Labute approximate surface area is 123 Å². The molecule has 18 heavy (non-hydrogen) atoms. The molecule has 0 amide bonds. The second-order valence-electron chi connectivity index (χ2n) is 5.52. The van der Waals surface area contributed by atoms with E-state index < -0.39 is 0 Å². The first-order valence-electron chi connectivity index (χ1n) is 6.18. The Morgan fingerprint density at radius 1 is 1.22 bits per heavy atom. The topological polar surface area (TPSA) is 24.9 Å². The number of halogens is 3. The third-order valence-corrected chi connectivity index (χ3v) is 4.67. The van der Waals surface area contributed by atoms with Crippen molar-refractivity contribution in [2.75, 3.05) is 5.32 Å². The maximum atomic E-state index is 6.15. The number of aromatic nitrogens is 1. The molecule has 1 aliphatic rings. The van der Waals surface area contributed by atoms with Crippen LogP contribution in [0.25, 0.3) is 0 Å². The summed E-state index contributed by atoms with van der Waals surface area (Å²) in [5, 5.41) is 4.61. The van der Waals surface area contributed by atoms with Crippen LogP contribution in [0.3, 0.4) is 0 Å². The molecular formula is C13H17Cl3N2. The monoisotopic (exact) mass is 306 g/mol. The van der Waals surface area contributed by atoms with Crippen molar-refractivity contribution in [2.45, 2.75) is 45.6 Å². The molecule has 1 saturated carbocycles. The first-order valence-corrected chi connectivity index (χ1v) is 7.31. The van der Waals surface area contributed by atoms with E-state index in [1.165, 1.54) is 19.3 Å². The summed E-state index contributed by atoms with van der Waals surface area (Å²) in [6.45, 7) is 4.55. The van der Waals surface area contributed by atoms with Gasteiger partial charge in [0.05, 0.1) is 10.0 Å². The van der Waals surface area contributed by atoms with Gasteiger partial charge in [0.2, 0.25) is 0 Å². The molecule has 0 aromatic carbocycles. The summed E-state index contributed by atoms with van der Waals surface area (Å²) in [6, 6.07) is 2.00. The van der Waals surface area contributed by atoms with E-state index in [0.29, 0.717) is 21.9 Å². The van der Waals surface area contributed by atoms with Crippen molar-refractivity contribution in [3.8, 4) is 0 Å². The largest absolute Gasteiger partial charge is 0.366 e. The van der Waals surface area contributed by atoms with Crippen molar-refractivity contribution in [1.29, 1.82) is 0 Å². The summed E-state index contributed by atoms with van der Waals surface area (Å²) in [5.74, 6) is 0.631. The maximum Gasteiger partial charge on any atom is 0.150 e. The molecule has 100 valence electrons. The molecule has 0 aliphatic heterocycles. The lowest BCUT2D eigenvalue weighted by molar-refractivity contribution is 0.216. The van der Waals surface area contributed by atoms with Crippen LogP contribution < -0.4 is 5.32 Å². The van der Waals surface area contributed by atoms with E-state index in [2.05, 4.69) is 24.1 Å². The zero-order chi connectivity index (χ0) is 13.3. The van der Waals surface area contributed by atoms with Crippen LogP contribution in [0.15, 0.2) is 6.07 Å². The first kappa shape index (κ1) is 14.2. The van der Waals surface area contributed by atoms with Gasteiger partial charge in [-0.1, -0.05) is 61.5 Å². The number of hydrogen-bond donors (Lipinski definition) is 1. The molecule has 1 heterocycles. The molecule has 1 aromatic rings. The molecule has 5 heteroatoms. The lowest BCUT2D eigenvalue weighted by Crippen LogP contribution is -2.39. The van der Waals surface area contributed by atoms with Crippen LogP contribution in [-0.4, -0.2) is 11.0 Å². The van der Waals surface area contributed by atoms with Gasteiger partial charge in [-0.15, -0.1) is 0 Å². The van der Waals surface area contributed by atoms with Crippen molar-refractivity contribution in [1.82, 2.24) is 4.98 Å². The van der Waals surface area contributed by atoms with Gasteiger partial charge >= 0.3 is 0 Å². The minimum atomic E-state index is 0.245. The maximum absolute atomic E-state index is 6.15. The summed E-state index contributed by atoms with van der Waals surface area (Å²) in [5.41, 5.74) is 0.245. The zero-order valence-electron chi connectivity index (χ0n) is 10.6. The summed E-state index contributed by atoms with van der Waals surface area (Å²) >= 11 is 18.0. The quantitative estimate of drug-likeness (QED) is 0.738. The first-order chi connectivity index (χ1) is 8.40. The second-order valence-corrected chi connectivity index (χ2v) is 6.70. The van der Waals surface area contributed by atoms with Gasteiger partial charge in [-0.2, -0.15) is 0 Å². The molecule has 1 aromatic heterocycles. The Hall–Kier alpha value is -0.180. The molecule has 1 aliphatic carbocycles. The predicted octanol–water partition coefficient (Wildman–Crippen LogP) is 5.42. The van der Waals surface area contributed by atoms with E-state index in [9.17, 15) is 0 Å². The lowest BCUT2D eigenvalue weighted by atomic mass is 9.73. The van der Waals surface area contributed by atoms with Gasteiger partial charge in [-0.3, -0.25) is 0 Å². The summed E-state index contributed by atoms with van der Waals surface area (Å²) in [6.07, 6.45) is 4.86.